The molecule has 1 aliphatic heterocycles. The summed E-state index contributed by atoms with van der Waals surface area (Å²) in [7, 11) is 0. The Kier molecular flexibility index (Phi) is 6.59. The Balaban J connectivity index is 2.34. The summed E-state index contributed by atoms with van der Waals surface area (Å²) in [5, 5.41) is 9.26. The third-order valence-corrected chi connectivity index (χ3v) is 4.86. The number of aliphatic carboxylic acids is 1. The number of unbranched alkanes of at least 4 members (excludes halogenated alkanes) is 1. The number of hydrogen-bond donors (Lipinski definition) is 1. The lowest BCUT2D eigenvalue weighted by Crippen LogP contribution is -2.47. The van der Waals surface area contributed by atoms with E-state index in [0.717, 1.165) is 0 Å². The zero-order chi connectivity index (χ0) is 18.4. The van der Waals surface area contributed by atoms with Gasteiger partial charge in [0, 0.05) is 23.4 Å². The number of hydrogen-bond acceptors (Lipinski definition) is 4. The van der Waals surface area contributed by atoms with Crippen LogP contribution >= 0.6 is 11.6 Å². The fourth-order valence-electron chi connectivity index (χ4n) is 3.15. The molecule has 1 aromatic carbocycles. The smallest absolute Gasteiger partial charge is 0.303 e. The molecule has 0 saturated heterocycles. The van der Waals surface area contributed by atoms with E-state index >= 15 is 0 Å². The molecule has 0 aliphatic carbocycles. The van der Waals surface area contributed by atoms with Crippen LogP contribution in [-0.4, -0.2) is 28.9 Å². The summed E-state index contributed by atoms with van der Waals surface area (Å²) in [4.78, 5) is 28.4. The molecule has 1 aromatic rings. The molecule has 1 N–H and O–H groups in total. The van der Waals surface area contributed by atoms with E-state index in [1.54, 1.807) is 6.07 Å². The highest BCUT2D eigenvalue weighted by molar-refractivity contribution is 6.31. The SMILES string of the molecule is CCC1OC(CCCCC(=O)O)=NC(CC)(c2ccccc2Cl)C1=O. The van der Waals surface area contributed by atoms with Crippen LogP contribution in [0.1, 0.15) is 57.9 Å². The Morgan fingerprint density at radius 3 is 2.64 bits per heavy atom. The molecule has 0 saturated carbocycles. The molecule has 6 heteroatoms. The minimum atomic E-state index is -1.03. The van der Waals surface area contributed by atoms with Crippen molar-refractivity contribution in [2.24, 2.45) is 4.99 Å². The van der Waals surface area contributed by atoms with Gasteiger partial charge in [-0.2, -0.15) is 0 Å². The van der Waals surface area contributed by atoms with Crippen LogP contribution < -0.4 is 0 Å². The average Bonchev–Trinajstić information content (AvgIpc) is 2.60. The van der Waals surface area contributed by atoms with Gasteiger partial charge in [-0.3, -0.25) is 9.59 Å². The summed E-state index contributed by atoms with van der Waals surface area (Å²) >= 11 is 6.36. The molecular formula is C19H24ClNO4. The zero-order valence-corrected chi connectivity index (χ0v) is 15.4. The number of ether oxygens (including phenoxy) is 1. The first-order chi connectivity index (χ1) is 11.9. The first kappa shape index (κ1) is 19.4. The van der Waals surface area contributed by atoms with Crippen molar-refractivity contribution in [3.05, 3.63) is 34.9 Å². The number of rotatable bonds is 8. The molecule has 1 aliphatic rings. The molecule has 2 rings (SSSR count). The Labute approximate surface area is 153 Å². The minimum Gasteiger partial charge on any atom is -0.481 e. The fraction of sp³-hybridized carbons (Fsp3) is 0.526. The maximum Gasteiger partial charge on any atom is 0.303 e. The van der Waals surface area contributed by atoms with Crippen LogP contribution in [0.5, 0.6) is 0 Å². The zero-order valence-electron chi connectivity index (χ0n) is 14.6. The van der Waals surface area contributed by atoms with Crippen molar-refractivity contribution < 1.29 is 19.4 Å². The lowest BCUT2D eigenvalue weighted by molar-refractivity contribution is -0.137. The third kappa shape index (κ3) is 4.21. The van der Waals surface area contributed by atoms with Gasteiger partial charge in [-0.15, -0.1) is 0 Å². The van der Waals surface area contributed by atoms with E-state index in [2.05, 4.69) is 4.99 Å². The highest BCUT2D eigenvalue weighted by Crippen LogP contribution is 2.40. The second-order valence-corrected chi connectivity index (χ2v) is 6.59. The summed E-state index contributed by atoms with van der Waals surface area (Å²) in [6.45, 7) is 3.83. The van der Waals surface area contributed by atoms with Gasteiger partial charge < -0.3 is 9.84 Å². The maximum atomic E-state index is 13.1. The van der Waals surface area contributed by atoms with Crippen LogP contribution in [0.15, 0.2) is 29.3 Å². The summed E-state index contributed by atoms with van der Waals surface area (Å²) in [5.41, 5.74) is -0.326. The molecule has 1 heterocycles. The van der Waals surface area contributed by atoms with Crippen LogP contribution in [0.25, 0.3) is 0 Å². The predicted octanol–water partition coefficient (Wildman–Crippen LogP) is 4.37. The van der Waals surface area contributed by atoms with Crippen molar-refractivity contribution in [3.8, 4) is 0 Å². The van der Waals surface area contributed by atoms with Gasteiger partial charge in [0.05, 0.1) is 0 Å². The Morgan fingerprint density at radius 2 is 2.04 bits per heavy atom. The van der Waals surface area contributed by atoms with Gasteiger partial charge in [0.2, 0.25) is 5.78 Å². The van der Waals surface area contributed by atoms with Crippen LogP contribution in [-0.2, 0) is 19.9 Å². The maximum absolute atomic E-state index is 13.1. The molecule has 0 spiro atoms. The summed E-state index contributed by atoms with van der Waals surface area (Å²) in [6.07, 6.45) is 2.33. The van der Waals surface area contributed by atoms with E-state index in [1.165, 1.54) is 0 Å². The number of nitrogens with zero attached hydrogens (tertiary/aromatic N) is 1. The van der Waals surface area contributed by atoms with E-state index in [0.29, 0.717) is 48.6 Å². The van der Waals surface area contributed by atoms with Gasteiger partial charge in [0.25, 0.3) is 0 Å². The first-order valence-electron chi connectivity index (χ1n) is 8.71. The monoisotopic (exact) mass is 365 g/mol. The lowest BCUT2D eigenvalue weighted by atomic mass is 9.80. The van der Waals surface area contributed by atoms with Gasteiger partial charge in [0.1, 0.15) is 0 Å². The Hall–Kier alpha value is -1.88. The molecule has 0 aromatic heterocycles. The van der Waals surface area contributed by atoms with Crippen LogP contribution in [0.3, 0.4) is 0 Å². The van der Waals surface area contributed by atoms with E-state index < -0.39 is 17.6 Å². The number of halogens is 1. The van der Waals surface area contributed by atoms with E-state index in [4.69, 9.17) is 21.4 Å². The molecule has 0 bridgehead atoms. The minimum absolute atomic E-state index is 0.0696. The number of carbonyl (C=O) groups excluding carboxylic acids is 1. The first-order valence-corrected chi connectivity index (χ1v) is 9.08. The van der Waals surface area contributed by atoms with Crippen molar-refractivity contribution in [3.63, 3.8) is 0 Å². The lowest BCUT2D eigenvalue weighted by Gasteiger charge is -2.37. The van der Waals surface area contributed by atoms with Gasteiger partial charge >= 0.3 is 5.97 Å². The number of ketones is 1. The molecule has 0 fully saturated rings. The van der Waals surface area contributed by atoms with E-state index in [9.17, 15) is 9.59 Å². The van der Waals surface area contributed by atoms with Gasteiger partial charge in [-0.25, -0.2) is 4.99 Å². The standard InChI is InChI=1S/C19H24ClNO4/c1-3-15-18(24)19(4-2,13-9-5-6-10-14(13)20)21-16(25-15)11-7-8-12-17(22)23/h5-6,9-10,15H,3-4,7-8,11-12H2,1-2H3,(H,22,23). The number of carboxylic acids is 1. The molecule has 25 heavy (non-hydrogen) atoms. The number of carboxylic acid groups (broad SMARTS) is 1. The molecule has 2 atom stereocenters. The summed E-state index contributed by atoms with van der Waals surface area (Å²) in [6, 6.07) is 7.28. The fourth-order valence-corrected chi connectivity index (χ4v) is 3.44. The largest absolute Gasteiger partial charge is 0.481 e. The number of Topliss-reactive ketones (excluding diaryl/α,β-unsaturated/α-hetero) is 1. The predicted molar refractivity (Wildman–Crippen MR) is 97.1 cm³/mol. The molecule has 0 radical (unpaired) electrons. The molecule has 136 valence electrons. The van der Waals surface area contributed by atoms with Crippen molar-refractivity contribution in [2.75, 3.05) is 0 Å². The van der Waals surface area contributed by atoms with Gasteiger partial charge in [-0.05, 0) is 31.7 Å². The summed E-state index contributed by atoms with van der Waals surface area (Å²) in [5.74, 6) is -0.370. The van der Waals surface area contributed by atoms with E-state index in [1.807, 2.05) is 32.0 Å². The highest BCUT2D eigenvalue weighted by Gasteiger charge is 2.47. The third-order valence-electron chi connectivity index (χ3n) is 4.53. The van der Waals surface area contributed by atoms with Crippen molar-refractivity contribution in [2.45, 2.75) is 64.0 Å². The van der Waals surface area contributed by atoms with Gasteiger partial charge in [0.15, 0.2) is 17.5 Å². The normalized spacial score (nSPS) is 23.1. The van der Waals surface area contributed by atoms with Crippen LogP contribution in [0.4, 0.5) is 0 Å². The van der Waals surface area contributed by atoms with Gasteiger partial charge in [-0.1, -0.05) is 43.6 Å². The average molecular weight is 366 g/mol. The Morgan fingerprint density at radius 1 is 1.32 bits per heavy atom. The van der Waals surface area contributed by atoms with Crippen LogP contribution in [0, 0.1) is 0 Å². The molecular weight excluding hydrogens is 342 g/mol. The number of aliphatic imine (C=N–C) groups is 1. The van der Waals surface area contributed by atoms with Crippen molar-refractivity contribution in [1.82, 2.24) is 0 Å². The molecule has 5 nitrogen and oxygen atoms in total. The second-order valence-electron chi connectivity index (χ2n) is 6.18. The van der Waals surface area contributed by atoms with Crippen LogP contribution in [0.2, 0.25) is 5.02 Å². The quantitative estimate of drug-likeness (QED) is 0.694. The second kappa shape index (κ2) is 8.48. The molecule has 0 amide bonds. The number of benzene rings is 1. The summed E-state index contributed by atoms with van der Waals surface area (Å²) < 4.78 is 5.78. The highest BCUT2D eigenvalue weighted by atomic mass is 35.5. The topological polar surface area (TPSA) is 76.0 Å². The van der Waals surface area contributed by atoms with Crippen molar-refractivity contribution >= 4 is 29.3 Å². The van der Waals surface area contributed by atoms with E-state index in [-0.39, 0.29) is 12.2 Å². The molecule has 2 unspecified atom stereocenters. The number of carbonyl (C=O) groups is 2. The Bertz CT molecular complexity index is 673. The van der Waals surface area contributed by atoms with Crippen molar-refractivity contribution in [1.29, 1.82) is 0 Å².